The Morgan fingerprint density at radius 3 is 2.08 bits per heavy atom. The maximum atomic E-state index is 6.38. The van der Waals surface area contributed by atoms with Gasteiger partial charge in [0.05, 0.1) is 5.30 Å². The van der Waals surface area contributed by atoms with Crippen LogP contribution in [0.5, 0.6) is 11.5 Å². The van der Waals surface area contributed by atoms with E-state index in [9.17, 15) is 0 Å². The van der Waals surface area contributed by atoms with Crippen LogP contribution in [-0.4, -0.2) is 0 Å². The second kappa shape index (κ2) is 9.25. The largest absolute Gasteiger partial charge is 0.435 e. The summed E-state index contributed by atoms with van der Waals surface area (Å²) in [5.74, 6) is 1.74. The SMILES string of the molecule is CCCCc1ccccc1OP(Oc1ccccc1)c1ccccc1. The number of hydrogen-bond donors (Lipinski definition) is 0. The first-order valence-corrected chi connectivity index (χ1v) is 9.88. The lowest BCUT2D eigenvalue weighted by atomic mass is 10.1. The van der Waals surface area contributed by atoms with Gasteiger partial charge >= 0.3 is 8.38 Å². The molecule has 0 aromatic heterocycles. The van der Waals surface area contributed by atoms with E-state index < -0.39 is 8.38 Å². The van der Waals surface area contributed by atoms with Crippen molar-refractivity contribution in [1.82, 2.24) is 0 Å². The van der Waals surface area contributed by atoms with Gasteiger partial charge < -0.3 is 9.05 Å². The molecule has 1 atom stereocenters. The molecule has 128 valence electrons. The van der Waals surface area contributed by atoms with Crippen LogP contribution >= 0.6 is 8.38 Å². The first-order chi connectivity index (χ1) is 12.4. The Bertz CT molecular complexity index is 759. The summed E-state index contributed by atoms with van der Waals surface area (Å²) in [6.07, 6.45) is 3.35. The molecule has 0 bridgehead atoms. The molecular weight excluding hydrogens is 327 g/mol. The van der Waals surface area contributed by atoms with Crippen LogP contribution in [0.25, 0.3) is 0 Å². The Morgan fingerprint density at radius 1 is 0.720 bits per heavy atom. The van der Waals surface area contributed by atoms with E-state index in [-0.39, 0.29) is 0 Å². The lowest BCUT2D eigenvalue weighted by Gasteiger charge is -2.20. The van der Waals surface area contributed by atoms with E-state index in [4.69, 9.17) is 9.05 Å². The van der Waals surface area contributed by atoms with Crippen molar-refractivity contribution in [3.05, 3.63) is 90.5 Å². The molecule has 1 unspecified atom stereocenters. The molecule has 0 amide bonds. The fraction of sp³-hybridized carbons (Fsp3) is 0.182. The number of hydrogen-bond acceptors (Lipinski definition) is 2. The molecule has 3 heteroatoms. The quantitative estimate of drug-likeness (QED) is 0.455. The second-order valence-corrected chi connectivity index (χ2v) is 7.20. The summed E-state index contributed by atoms with van der Waals surface area (Å²) in [5.41, 5.74) is 1.24. The molecule has 0 N–H and O–H groups in total. The molecule has 0 fully saturated rings. The van der Waals surface area contributed by atoms with Crippen molar-refractivity contribution in [3.8, 4) is 11.5 Å². The molecule has 3 aromatic carbocycles. The zero-order valence-electron chi connectivity index (χ0n) is 14.5. The summed E-state index contributed by atoms with van der Waals surface area (Å²) < 4.78 is 12.6. The van der Waals surface area contributed by atoms with Crippen LogP contribution < -0.4 is 14.4 Å². The second-order valence-electron chi connectivity index (χ2n) is 5.80. The summed E-state index contributed by atoms with van der Waals surface area (Å²) in [5, 5.41) is 1.06. The maximum Gasteiger partial charge on any atom is 0.326 e. The van der Waals surface area contributed by atoms with Crippen molar-refractivity contribution >= 4 is 13.7 Å². The number of benzene rings is 3. The molecule has 0 aliphatic carbocycles. The van der Waals surface area contributed by atoms with Gasteiger partial charge in [-0.25, -0.2) is 0 Å². The molecule has 3 rings (SSSR count). The van der Waals surface area contributed by atoms with E-state index in [2.05, 4.69) is 31.2 Å². The highest BCUT2D eigenvalue weighted by Gasteiger charge is 2.19. The molecule has 0 spiro atoms. The van der Waals surface area contributed by atoms with E-state index >= 15 is 0 Å². The third kappa shape index (κ3) is 5.08. The van der Waals surface area contributed by atoms with Crippen LogP contribution in [0.3, 0.4) is 0 Å². The van der Waals surface area contributed by atoms with Gasteiger partial charge in [-0.3, -0.25) is 0 Å². The molecule has 0 radical (unpaired) electrons. The van der Waals surface area contributed by atoms with E-state index in [0.717, 1.165) is 29.6 Å². The average molecular weight is 350 g/mol. The smallest absolute Gasteiger partial charge is 0.326 e. The van der Waals surface area contributed by atoms with Gasteiger partial charge in [0, 0.05) is 0 Å². The Balaban J connectivity index is 1.85. The molecule has 0 aliphatic rings. The van der Waals surface area contributed by atoms with Crippen molar-refractivity contribution in [2.24, 2.45) is 0 Å². The van der Waals surface area contributed by atoms with E-state index in [0.29, 0.717) is 0 Å². The van der Waals surface area contributed by atoms with Crippen molar-refractivity contribution in [1.29, 1.82) is 0 Å². The predicted octanol–water partition coefficient (Wildman–Crippen LogP) is 6.12. The van der Waals surface area contributed by atoms with Gasteiger partial charge in [0.2, 0.25) is 0 Å². The minimum Gasteiger partial charge on any atom is -0.435 e. The zero-order chi connectivity index (χ0) is 17.3. The van der Waals surface area contributed by atoms with Gasteiger partial charge in [-0.05, 0) is 48.7 Å². The van der Waals surface area contributed by atoms with Crippen LogP contribution in [0.1, 0.15) is 25.3 Å². The van der Waals surface area contributed by atoms with Crippen molar-refractivity contribution in [2.75, 3.05) is 0 Å². The van der Waals surface area contributed by atoms with Gasteiger partial charge in [-0.15, -0.1) is 0 Å². The molecule has 2 nitrogen and oxygen atoms in total. The standard InChI is InChI=1S/C22H23O2P/c1-2-3-12-19-13-10-11-18-22(19)24-25(21-16-8-5-9-17-21)23-20-14-6-4-7-15-20/h4-11,13-18H,2-3,12H2,1H3. The van der Waals surface area contributed by atoms with Gasteiger partial charge in [-0.2, -0.15) is 0 Å². The van der Waals surface area contributed by atoms with Crippen LogP contribution in [0, 0.1) is 0 Å². The highest BCUT2D eigenvalue weighted by molar-refractivity contribution is 7.56. The third-order valence-electron chi connectivity index (χ3n) is 3.85. The fourth-order valence-electron chi connectivity index (χ4n) is 2.51. The van der Waals surface area contributed by atoms with Crippen LogP contribution in [0.2, 0.25) is 0 Å². The van der Waals surface area contributed by atoms with E-state index in [1.54, 1.807) is 0 Å². The highest BCUT2D eigenvalue weighted by Crippen LogP contribution is 2.40. The first-order valence-electron chi connectivity index (χ1n) is 8.71. The Kier molecular flexibility index (Phi) is 6.48. The molecule has 0 aliphatic heterocycles. The normalized spacial score (nSPS) is 11.7. The predicted molar refractivity (Wildman–Crippen MR) is 106 cm³/mol. The highest BCUT2D eigenvalue weighted by atomic mass is 31.2. The molecular formula is C22H23O2P. The Hall–Kier alpha value is -2.31. The van der Waals surface area contributed by atoms with E-state index in [1.165, 1.54) is 12.0 Å². The van der Waals surface area contributed by atoms with Gasteiger partial charge in [-0.1, -0.05) is 67.9 Å². The number of para-hydroxylation sites is 2. The first kappa shape index (κ1) is 17.5. The minimum atomic E-state index is -1.24. The summed E-state index contributed by atoms with van der Waals surface area (Å²) in [4.78, 5) is 0. The van der Waals surface area contributed by atoms with Crippen molar-refractivity contribution in [2.45, 2.75) is 26.2 Å². The Morgan fingerprint density at radius 2 is 1.36 bits per heavy atom. The lowest BCUT2D eigenvalue weighted by molar-refractivity contribution is 0.497. The number of unbranched alkanes of at least 4 members (excludes halogenated alkanes) is 1. The van der Waals surface area contributed by atoms with Gasteiger partial charge in [0.1, 0.15) is 11.5 Å². The summed E-state index contributed by atoms with van der Waals surface area (Å²) in [6.45, 7) is 2.21. The maximum absolute atomic E-state index is 6.38. The lowest BCUT2D eigenvalue weighted by Crippen LogP contribution is -2.10. The monoisotopic (exact) mass is 350 g/mol. The van der Waals surface area contributed by atoms with Crippen molar-refractivity contribution < 1.29 is 9.05 Å². The zero-order valence-corrected chi connectivity index (χ0v) is 15.4. The molecule has 0 saturated carbocycles. The minimum absolute atomic E-state index is 0.823. The van der Waals surface area contributed by atoms with E-state index in [1.807, 2.05) is 60.7 Å². The molecule has 3 aromatic rings. The van der Waals surface area contributed by atoms with Crippen LogP contribution in [-0.2, 0) is 6.42 Å². The van der Waals surface area contributed by atoms with Crippen molar-refractivity contribution in [3.63, 3.8) is 0 Å². The Labute approximate surface area is 151 Å². The van der Waals surface area contributed by atoms with Crippen LogP contribution in [0.15, 0.2) is 84.9 Å². The number of aryl methyl sites for hydroxylation is 1. The average Bonchev–Trinajstić information content (AvgIpc) is 2.68. The summed E-state index contributed by atoms with van der Waals surface area (Å²) in [6, 6.07) is 28.3. The summed E-state index contributed by atoms with van der Waals surface area (Å²) >= 11 is 0. The molecule has 25 heavy (non-hydrogen) atoms. The van der Waals surface area contributed by atoms with Crippen LogP contribution in [0.4, 0.5) is 0 Å². The molecule has 0 saturated heterocycles. The van der Waals surface area contributed by atoms with Gasteiger partial charge in [0.15, 0.2) is 0 Å². The third-order valence-corrected chi connectivity index (χ3v) is 5.31. The topological polar surface area (TPSA) is 18.5 Å². The van der Waals surface area contributed by atoms with Gasteiger partial charge in [0.25, 0.3) is 0 Å². The molecule has 0 heterocycles. The summed E-state index contributed by atoms with van der Waals surface area (Å²) in [7, 11) is -1.24. The number of rotatable bonds is 8. The fourth-order valence-corrected chi connectivity index (χ4v) is 3.84.